The van der Waals surface area contributed by atoms with E-state index in [4.69, 9.17) is 5.26 Å². The Kier molecular flexibility index (Phi) is 2.99. The van der Waals surface area contributed by atoms with E-state index in [2.05, 4.69) is 16.2 Å². The summed E-state index contributed by atoms with van der Waals surface area (Å²) in [4.78, 5) is 4.60. The maximum Gasteiger partial charge on any atom is 0.113 e. The summed E-state index contributed by atoms with van der Waals surface area (Å²) in [6.07, 6.45) is 0. The minimum Gasteiger partial charge on any atom is -0.272 e. The highest BCUT2D eigenvalue weighted by atomic mass is 32.1. The second-order valence-corrected chi connectivity index (χ2v) is 5.80. The highest BCUT2D eigenvalue weighted by molar-refractivity contribution is 7.10. The van der Waals surface area contributed by atoms with Crippen LogP contribution in [-0.4, -0.2) is 14.8 Å². The van der Waals surface area contributed by atoms with Gasteiger partial charge in [0, 0.05) is 23.7 Å². The van der Waals surface area contributed by atoms with Crippen LogP contribution in [0, 0.1) is 25.2 Å². The van der Waals surface area contributed by atoms with Gasteiger partial charge >= 0.3 is 0 Å². The second kappa shape index (κ2) is 4.21. The molecule has 0 atom stereocenters. The Morgan fingerprint density at radius 3 is 2.56 bits per heavy atom. The molecule has 0 fully saturated rings. The number of hydrogen-bond acceptors (Lipinski definition) is 4. The molecule has 0 radical (unpaired) electrons. The number of nitrogens with zero attached hydrogens (tertiary/aromatic N) is 4. The predicted molar refractivity (Wildman–Crippen MR) is 72.4 cm³/mol. The Labute approximate surface area is 111 Å². The maximum atomic E-state index is 9.14. The summed E-state index contributed by atoms with van der Waals surface area (Å²) in [6, 6.07) is 2.28. The fraction of sp³-hybridized carbons (Fsp3) is 0.462. The quantitative estimate of drug-likeness (QED) is 0.834. The van der Waals surface area contributed by atoms with Crippen LogP contribution in [0.2, 0.25) is 0 Å². The number of aryl methyl sites for hydroxylation is 2. The number of hydrogen-bond donors (Lipinski definition) is 0. The zero-order chi connectivity index (χ0) is 13.5. The normalized spacial score (nSPS) is 11.6. The average Bonchev–Trinajstić information content (AvgIpc) is 2.86. The molecule has 4 nitrogen and oxygen atoms in total. The lowest BCUT2D eigenvalue weighted by Crippen LogP contribution is -2.13. The van der Waals surface area contributed by atoms with Crippen LogP contribution in [0.5, 0.6) is 0 Å². The van der Waals surface area contributed by atoms with Crippen molar-refractivity contribution >= 4 is 11.3 Å². The van der Waals surface area contributed by atoms with E-state index in [0.717, 1.165) is 27.7 Å². The van der Waals surface area contributed by atoms with Crippen LogP contribution in [0.3, 0.4) is 0 Å². The lowest BCUT2D eigenvalue weighted by atomic mass is 9.97. The highest BCUT2D eigenvalue weighted by Gasteiger charge is 2.25. The lowest BCUT2D eigenvalue weighted by molar-refractivity contribution is 0.680. The first-order valence-electron chi connectivity index (χ1n) is 5.74. The van der Waals surface area contributed by atoms with Crippen molar-refractivity contribution in [1.82, 2.24) is 14.8 Å². The first kappa shape index (κ1) is 12.8. The van der Waals surface area contributed by atoms with Crippen LogP contribution in [0.15, 0.2) is 5.38 Å². The molecule has 0 saturated heterocycles. The Morgan fingerprint density at radius 1 is 1.39 bits per heavy atom. The van der Waals surface area contributed by atoms with Crippen molar-refractivity contribution in [3.8, 4) is 17.3 Å². The molecule has 2 aromatic heterocycles. The van der Waals surface area contributed by atoms with Crippen LogP contribution >= 0.6 is 11.3 Å². The summed E-state index contributed by atoms with van der Waals surface area (Å²) in [5.74, 6) is 0. The molecule has 0 aliphatic heterocycles. The third-order valence-corrected chi connectivity index (χ3v) is 4.25. The average molecular weight is 260 g/mol. The van der Waals surface area contributed by atoms with Crippen molar-refractivity contribution in [2.75, 3.05) is 0 Å². The molecule has 94 valence electrons. The molecule has 5 heteroatoms. The van der Waals surface area contributed by atoms with Gasteiger partial charge in [-0.3, -0.25) is 4.68 Å². The summed E-state index contributed by atoms with van der Waals surface area (Å²) in [6.45, 7) is 7.79. The summed E-state index contributed by atoms with van der Waals surface area (Å²) in [5.41, 5.74) is 3.53. The first-order chi connectivity index (χ1) is 8.36. The largest absolute Gasteiger partial charge is 0.272 e. The van der Waals surface area contributed by atoms with Gasteiger partial charge in [0.2, 0.25) is 0 Å². The van der Waals surface area contributed by atoms with Crippen LogP contribution in [0.1, 0.15) is 30.2 Å². The first-order valence-corrected chi connectivity index (χ1v) is 6.62. The van der Waals surface area contributed by atoms with Crippen LogP contribution in [0.25, 0.3) is 11.3 Å². The molecule has 0 spiro atoms. The van der Waals surface area contributed by atoms with Gasteiger partial charge in [-0.2, -0.15) is 10.4 Å². The fourth-order valence-electron chi connectivity index (χ4n) is 1.87. The minimum absolute atomic E-state index is 0.535. The van der Waals surface area contributed by atoms with Crippen molar-refractivity contribution in [3.05, 3.63) is 21.8 Å². The smallest absolute Gasteiger partial charge is 0.113 e. The van der Waals surface area contributed by atoms with Gasteiger partial charge in [0.05, 0.1) is 17.5 Å². The summed E-state index contributed by atoms with van der Waals surface area (Å²) < 4.78 is 1.86. The third kappa shape index (κ3) is 1.93. The molecule has 0 bridgehead atoms. The van der Waals surface area contributed by atoms with Gasteiger partial charge in [-0.05, 0) is 27.7 Å². The highest BCUT2D eigenvalue weighted by Crippen LogP contribution is 2.32. The van der Waals surface area contributed by atoms with Crippen molar-refractivity contribution < 1.29 is 0 Å². The number of aromatic nitrogens is 3. The summed E-state index contributed by atoms with van der Waals surface area (Å²) in [7, 11) is 1.93. The molecule has 0 N–H and O–H groups in total. The zero-order valence-electron chi connectivity index (χ0n) is 11.3. The number of rotatable bonds is 2. The van der Waals surface area contributed by atoms with Crippen molar-refractivity contribution in [2.24, 2.45) is 7.05 Å². The molecule has 0 unspecified atom stereocenters. The van der Waals surface area contributed by atoms with E-state index < -0.39 is 5.41 Å². The minimum atomic E-state index is -0.535. The van der Waals surface area contributed by atoms with E-state index in [0.29, 0.717) is 0 Å². The predicted octanol–water partition coefficient (Wildman–Crippen LogP) is 2.96. The Balaban J connectivity index is 2.52. The molecule has 2 aromatic rings. The molecule has 0 aliphatic rings. The van der Waals surface area contributed by atoms with Gasteiger partial charge in [-0.15, -0.1) is 11.3 Å². The monoisotopic (exact) mass is 260 g/mol. The standard InChI is InChI=1S/C13H16N4S/c1-8-11(9(2)17(5)16-8)10-6-18-12(15-10)13(3,4)7-14/h6H,1-5H3. The molecule has 2 heterocycles. The van der Waals surface area contributed by atoms with E-state index in [1.807, 2.05) is 44.8 Å². The SMILES string of the molecule is Cc1nn(C)c(C)c1-c1csc(C(C)(C)C#N)n1. The number of nitriles is 1. The fourth-order valence-corrected chi connectivity index (χ4v) is 2.75. The Bertz CT molecular complexity index is 628. The van der Waals surface area contributed by atoms with Crippen molar-refractivity contribution in [3.63, 3.8) is 0 Å². The lowest BCUT2D eigenvalue weighted by Gasteiger charge is -2.09. The molecule has 18 heavy (non-hydrogen) atoms. The van der Waals surface area contributed by atoms with E-state index in [-0.39, 0.29) is 0 Å². The van der Waals surface area contributed by atoms with E-state index in [9.17, 15) is 0 Å². The molecule has 0 amide bonds. The molecular weight excluding hydrogens is 244 g/mol. The summed E-state index contributed by atoms with van der Waals surface area (Å²) in [5, 5.41) is 16.4. The second-order valence-electron chi connectivity index (χ2n) is 4.94. The third-order valence-electron chi connectivity index (χ3n) is 3.08. The Morgan fingerprint density at radius 2 is 2.06 bits per heavy atom. The van der Waals surface area contributed by atoms with Crippen LogP contribution < -0.4 is 0 Å². The van der Waals surface area contributed by atoms with Gasteiger partial charge in [-0.25, -0.2) is 4.98 Å². The van der Waals surface area contributed by atoms with E-state index in [1.165, 1.54) is 11.3 Å². The van der Waals surface area contributed by atoms with Gasteiger partial charge in [0.25, 0.3) is 0 Å². The number of thiazole rings is 1. The van der Waals surface area contributed by atoms with E-state index >= 15 is 0 Å². The molecule has 0 aliphatic carbocycles. The van der Waals surface area contributed by atoms with Gasteiger partial charge < -0.3 is 0 Å². The molecule has 0 saturated carbocycles. The molecule has 2 rings (SSSR count). The van der Waals surface area contributed by atoms with Crippen LogP contribution in [-0.2, 0) is 12.5 Å². The zero-order valence-corrected chi connectivity index (χ0v) is 12.1. The van der Waals surface area contributed by atoms with Crippen LogP contribution in [0.4, 0.5) is 0 Å². The molecule has 0 aromatic carbocycles. The van der Waals surface area contributed by atoms with Gasteiger partial charge in [-0.1, -0.05) is 0 Å². The van der Waals surface area contributed by atoms with E-state index in [1.54, 1.807) is 0 Å². The maximum absolute atomic E-state index is 9.14. The van der Waals surface area contributed by atoms with Crippen molar-refractivity contribution in [2.45, 2.75) is 33.1 Å². The summed E-state index contributed by atoms with van der Waals surface area (Å²) >= 11 is 1.53. The molecular formula is C13H16N4S. The van der Waals surface area contributed by atoms with Gasteiger partial charge in [0.1, 0.15) is 10.4 Å². The van der Waals surface area contributed by atoms with Crippen molar-refractivity contribution in [1.29, 1.82) is 5.26 Å². The Hall–Kier alpha value is -1.67. The van der Waals surface area contributed by atoms with Gasteiger partial charge in [0.15, 0.2) is 0 Å². The topological polar surface area (TPSA) is 54.5 Å².